The number of ether oxygens (including phenoxy) is 1. The number of carbonyl (C=O) groups is 1. The SMILES string of the molecule is CCN(CC)Cc1ccc(CNC(=O)c2cc(Cl)ccc2OC)cc1. The first-order valence-corrected chi connectivity index (χ1v) is 8.87. The Morgan fingerprint density at radius 3 is 2.32 bits per heavy atom. The van der Waals surface area contributed by atoms with E-state index >= 15 is 0 Å². The van der Waals surface area contributed by atoms with Crippen LogP contribution in [0.15, 0.2) is 42.5 Å². The third kappa shape index (κ3) is 5.48. The average molecular weight is 361 g/mol. The lowest BCUT2D eigenvalue weighted by molar-refractivity contribution is 0.0948. The van der Waals surface area contributed by atoms with Gasteiger partial charge in [0, 0.05) is 18.1 Å². The Bertz CT molecular complexity index is 697. The van der Waals surface area contributed by atoms with Gasteiger partial charge in [-0.15, -0.1) is 0 Å². The van der Waals surface area contributed by atoms with Crippen LogP contribution in [-0.2, 0) is 13.1 Å². The third-order valence-corrected chi connectivity index (χ3v) is 4.42. The molecule has 0 aromatic heterocycles. The van der Waals surface area contributed by atoms with Crippen LogP contribution in [0.3, 0.4) is 0 Å². The maximum absolute atomic E-state index is 12.4. The minimum absolute atomic E-state index is 0.202. The molecule has 0 saturated heterocycles. The molecule has 1 N–H and O–H groups in total. The molecule has 0 unspecified atom stereocenters. The summed E-state index contributed by atoms with van der Waals surface area (Å²) in [4.78, 5) is 14.7. The number of methoxy groups -OCH3 is 1. The molecule has 2 rings (SSSR count). The molecule has 5 heteroatoms. The lowest BCUT2D eigenvalue weighted by Gasteiger charge is -2.18. The molecule has 0 saturated carbocycles. The summed E-state index contributed by atoms with van der Waals surface area (Å²) in [6.45, 7) is 7.81. The first-order valence-electron chi connectivity index (χ1n) is 8.49. The molecular formula is C20H25ClN2O2. The zero-order valence-electron chi connectivity index (χ0n) is 15.0. The Balaban J connectivity index is 1.97. The molecule has 0 bridgehead atoms. The maximum atomic E-state index is 12.4. The fourth-order valence-corrected chi connectivity index (χ4v) is 2.78. The van der Waals surface area contributed by atoms with Gasteiger partial charge in [0.2, 0.25) is 0 Å². The number of benzene rings is 2. The Labute approximate surface area is 154 Å². The first-order chi connectivity index (χ1) is 12.1. The molecule has 0 aliphatic rings. The smallest absolute Gasteiger partial charge is 0.255 e. The Hall–Kier alpha value is -2.04. The second-order valence-electron chi connectivity index (χ2n) is 5.81. The van der Waals surface area contributed by atoms with Gasteiger partial charge in [-0.3, -0.25) is 9.69 Å². The van der Waals surface area contributed by atoms with Crippen LogP contribution in [0.2, 0.25) is 5.02 Å². The number of nitrogens with zero attached hydrogens (tertiary/aromatic N) is 1. The van der Waals surface area contributed by atoms with E-state index in [4.69, 9.17) is 16.3 Å². The van der Waals surface area contributed by atoms with Gasteiger partial charge in [0.1, 0.15) is 5.75 Å². The Kier molecular flexibility index (Phi) is 7.29. The summed E-state index contributed by atoms with van der Waals surface area (Å²) in [5, 5.41) is 3.42. The standard InChI is InChI=1S/C20H25ClN2O2/c1-4-23(5-2)14-16-8-6-15(7-9-16)13-22-20(24)18-12-17(21)10-11-19(18)25-3/h6-12H,4-5,13-14H2,1-3H3,(H,22,24). The summed E-state index contributed by atoms with van der Waals surface area (Å²) in [5.74, 6) is 0.308. The molecule has 0 radical (unpaired) electrons. The summed E-state index contributed by atoms with van der Waals surface area (Å²) in [5.41, 5.74) is 2.76. The van der Waals surface area contributed by atoms with Crippen molar-refractivity contribution in [3.8, 4) is 5.75 Å². The normalized spacial score (nSPS) is 10.8. The average Bonchev–Trinajstić information content (AvgIpc) is 2.65. The largest absolute Gasteiger partial charge is 0.496 e. The minimum atomic E-state index is -0.202. The molecule has 134 valence electrons. The summed E-state index contributed by atoms with van der Waals surface area (Å²) in [6, 6.07) is 13.3. The lowest BCUT2D eigenvalue weighted by Crippen LogP contribution is -2.23. The van der Waals surface area contributed by atoms with E-state index in [9.17, 15) is 4.79 Å². The van der Waals surface area contributed by atoms with Crippen molar-refractivity contribution in [2.24, 2.45) is 0 Å². The highest BCUT2D eigenvalue weighted by Crippen LogP contribution is 2.22. The van der Waals surface area contributed by atoms with Gasteiger partial charge >= 0.3 is 0 Å². The monoisotopic (exact) mass is 360 g/mol. The zero-order chi connectivity index (χ0) is 18.2. The molecule has 0 spiro atoms. The molecule has 4 nitrogen and oxygen atoms in total. The highest BCUT2D eigenvalue weighted by atomic mass is 35.5. The highest BCUT2D eigenvalue weighted by molar-refractivity contribution is 6.31. The fraction of sp³-hybridized carbons (Fsp3) is 0.350. The van der Waals surface area contributed by atoms with Gasteiger partial charge in [-0.1, -0.05) is 49.7 Å². The first kappa shape index (κ1) is 19.3. The van der Waals surface area contributed by atoms with Crippen molar-refractivity contribution in [1.82, 2.24) is 10.2 Å². The quantitative estimate of drug-likeness (QED) is 0.769. The summed E-state index contributed by atoms with van der Waals surface area (Å²) in [7, 11) is 1.54. The van der Waals surface area contributed by atoms with E-state index in [2.05, 4.69) is 36.2 Å². The van der Waals surface area contributed by atoms with Crippen molar-refractivity contribution in [2.45, 2.75) is 26.9 Å². The van der Waals surface area contributed by atoms with Crippen LogP contribution in [0.25, 0.3) is 0 Å². The summed E-state index contributed by atoms with van der Waals surface area (Å²) in [6.07, 6.45) is 0. The van der Waals surface area contributed by atoms with Crippen molar-refractivity contribution in [3.63, 3.8) is 0 Å². The summed E-state index contributed by atoms with van der Waals surface area (Å²) >= 11 is 5.98. The van der Waals surface area contributed by atoms with Gasteiger partial charge in [0.15, 0.2) is 0 Å². The van der Waals surface area contributed by atoms with Gasteiger partial charge in [-0.25, -0.2) is 0 Å². The molecule has 0 fully saturated rings. The van der Waals surface area contributed by atoms with Crippen LogP contribution < -0.4 is 10.1 Å². The van der Waals surface area contributed by atoms with Crippen LogP contribution in [0.4, 0.5) is 0 Å². The van der Waals surface area contributed by atoms with Gasteiger partial charge in [0.05, 0.1) is 12.7 Å². The molecule has 0 heterocycles. The fourth-order valence-electron chi connectivity index (χ4n) is 2.60. The van der Waals surface area contributed by atoms with Crippen molar-refractivity contribution in [1.29, 1.82) is 0 Å². The Morgan fingerprint density at radius 2 is 1.72 bits per heavy atom. The maximum Gasteiger partial charge on any atom is 0.255 e. The number of amides is 1. The number of hydrogen-bond acceptors (Lipinski definition) is 3. The number of carbonyl (C=O) groups excluding carboxylic acids is 1. The molecule has 0 atom stereocenters. The van der Waals surface area contributed by atoms with E-state index in [1.54, 1.807) is 18.2 Å². The second-order valence-corrected chi connectivity index (χ2v) is 6.24. The van der Waals surface area contributed by atoms with Gasteiger partial charge in [-0.2, -0.15) is 0 Å². The number of halogens is 1. The van der Waals surface area contributed by atoms with Crippen molar-refractivity contribution in [2.75, 3.05) is 20.2 Å². The number of hydrogen-bond donors (Lipinski definition) is 1. The molecule has 0 aliphatic heterocycles. The topological polar surface area (TPSA) is 41.6 Å². The second kappa shape index (κ2) is 9.44. The van der Waals surface area contributed by atoms with Gasteiger partial charge < -0.3 is 10.1 Å². The summed E-state index contributed by atoms with van der Waals surface area (Å²) < 4.78 is 5.22. The van der Waals surface area contributed by atoms with Crippen LogP contribution in [0.5, 0.6) is 5.75 Å². The van der Waals surface area contributed by atoms with Crippen molar-refractivity contribution in [3.05, 3.63) is 64.2 Å². The van der Waals surface area contributed by atoms with E-state index in [1.807, 2.05) is 12.1 Å². The van der Waals surface area contributed by atoms with Crippen LogP contribution in [0.1, 0.15) is 35.3 Å². The minimum Gasteiger partial charge on any atom is -0.496 e. The van der Waals surface area contributed by atoms with E-state index < -0.39 is 0 Å². The molecule has 2 aromatic rings. The van der Waals surface area contributed by atoms with Crippen LogP contribution >= 0.6 is 11.6 Å². The van der Waals surface area contributed by atoms with E-state index in [1.165, 1.54) is 12.7 Å². The van der Waals surface area contributed by atoms with Crippen molar-refractivity contribution < 1.29 is 9.53 Å². The highest BCUT2D eigenvalue weighted by Gasteiger charge is 2.12. The van der Waals surface area contributed by atoms with Crippen LogP contribution in [-0.4, -0.2) is 31.0 Å². The number of rotatable bonds is 8. The molecular weight excluding hydrogens is 336 g/mol. The molecule has 0 aliphatic carbocycles. The molecule has 1 amide bonds. The van der Waals surface area contributed by atoms with Crippen molar-refractivity contribution >= 4 is 17.5 Å². The van der Waals surface area contributed by atoms with E-state index in [-0.39, 0.29) is 5.91 Å². The van der Waals surface area contributed by atoms with E-state index in [0.717, 1.165) is 25.2 Å². The van der Waals surface area contributed by atoms with Gasteiger partial charge in [0.25, 0.3) is 5.91 Å². The molecule has 2 aromatic carbocycles. The van der Waals surface area contributed by atoms with E-state index in [0.29, 0.717) is 22.9 Å². The lowest BCUT2D eigenvalue weighted by atomic mass is 10.1. The predicted molar refractivity (Wildman–Crippen MR) is 102 cm³/mol. The predicted octanol–water partition coefficient (Wildman–Crippen LogP) is 4.12. The molecule has 25 heavy (non-hydrogen) atoms. The van der Waals surface area contributed by atoms with Gasteiger partial charge in [-0.05, 0) is 42.4 Å². The number of nitrogens with one attached hydrogen (secondary N) is 1. The third-order valence-electron chi connectivity index (χ3n) is 4.18. The Morgan fingerprint density at radius 1 is 1.08 bits per heavy atom. The van der Waals surface area contributed by atoms with Crippen LogP contribution in [0, 0.1) is 0 Å². The zero-order valence-corrected chi connectivity index (χ0v) is 15.8.